The number of halogens is 1. The zero-order valence-electron chi connectivity index (χ0n) is 22.4. The summed E-state index contributed by atoms with van der Waals surface area (Å²) in [4.78, 5) is 0. The Labute approximate surface area is 218 Å². The van der Waals surface area contributed by atoms with Crippen molar-refractivity contribution in [2.45, 2.75) is 103 Å². The van der Waals surface area contributed by atoms with Crippen LogP contribution in [0.1, 0.15) is 119 Å². The lowest BCUT2D eigenvalue weighted by Gasteiger charge is -2.29. The Morgan fingerprint density at radius 1 is 0.722 bits per heavy atom. The third-order valence-corrected chi connectivity index (χ3v) is 8.11. The number of benzene rings is 3. The van der Waals surface area contributed by atoms with Crippen LogP contribution >= 0.6 is 0 Å². The van der Waals surface area contributed by atoms with Crippen LogP contribution in [-0.2, 0) is 6.42 Å². The first-order valence-corrected chi connectivity index (χ1v) is 14.5. The molecule has 190 valence electrons. The maximum atomic E-state index is 15.5. The van der Waals surface area contributed by atoms with E-state index in [1.54, 1.807) is 0 Å². The van der Waals surface area contributed by atoms with Crippen molar-refractivity contribution in [2.24, 2.45) is 5.92 Å². The highest BCUT2D eigenvalue weighted by molar-refractivity contribution is 5.85. The van der Waals surface area contributed by atoms with E-state index in [0.717, 1.165) is 52.6 Å². The Balaban J connectivity index is 1.37. The number of rotatable bonds is 10. The van der Waals surface area contributed by atoms with E-state index in [1.807, 2.05) is 24.3 Å². The molecule has 0 spiro atoms. The molecule has 0 radical (unpaired) electrons. The molecule has 1 saturated carbocycles. The largest absolute Gasteiger partial charge is 0.206 e. The Hall–Kier alpha value is -2.59. The minimum atomic E-state index is -0.0160. The molecular formula is C35H43F. The third kappa shape index (κ3) is 7.22. The molecule has 0 aromatic heterocycles. The van der Waals surface area contributed by atoms with Crippen LogP contribution in [0.2, 0.25) is 0 Å². The fraction of sp³-hybridized carbons (Fsp3) is 0.486. The van der Waals surface area contributed by atoms with Gasteiger partial charge in [-0.2, -0.15) is 0 Å². The van der Waals surface area contributed by atoms with Gasteiger partial charge in [-0.15, -0.1) is 0 Å². The highest BCUT2D eigenvalue weighted by atomic mass is 19.1. The summed E-state index contributed by atoms with van der Waals surface area (Å²) in [7, 11) is 0. The van der Waals surface area contributed by atoms with Crippen molar-refractivity contribution in [2.75, 3.05) is 0 Å². The molecule has 1 heteroatoms. The van der Waals surface area contributed by atoms with Crippen LogP contribution in [0.15, 0.2) is 54.6 Å². The summed E-state index contributed by atoms with van der Waals surface area (Å²) in [6, 6.07) is 18.6. The van der Waals surface area contributed by atoms with Gasteiger partial charge >= 0.3 is 0 Å². The second-order valence-corrected chi connectivity index (χ2v) is 10.9. The molecule has 1 aliphatic carbocycles. The molecule has 0 saturated heterocycles. The molecular weight excluding hydrogens is 439 g/mol. The lowest BCUT2D eigenvalue weighted by Crippen LogP contribution is -2.14. The third-order valence-electron chi connectivity index (χ3n) is 8.11. The van der Waals surface area contributed by atoms with E-state index in [-0.39, 0.29) is 5.82 Å². The molecule has 3 aromatic carbocycles. The van der Waals surface area contributed by atoms with Crippen molar-refractivity contribution < 1.29 is 4.39 Å². The van der Waals surface area contributed by atoms with Gasteiger partial charge in [-0.25, -0.2) is 4.39 Å². The van der Waals surface area contributed by atoms with Crippen LogP contribution in [0, 0.1) is 23.6 Å². The zero-order valence-corrected chi connectivity index (χ0v) is 22.4. The Bertz CT molecular complexity index is 1150. The van der Waals surface area contributed by atoms with E-state index in [0.29, 0.717) is 5.92 Å². The molecule has 4 rings (SSSR count). The maximum Gasteiger partial charge on any atom is 0.134 e. The van der Waals surface area contributed by atoms with Crippen molar-refractivity contribution in [3.63, 3.8) is 0 Å². The molecule has 0 atom stereocenters. The first kappa shape index (κ1) is 26.5. The summed E-state index contributed by atoms with van der Waals surface area (Å²) in [6.07, 6.45) is 16.5. The molecule has 0 bridgehead atoms. The van der Waals surface area contributed by atoms with Gasteiger partial charge in [0.25, 0.3) is 0 Å². The monoisotopic (exact) mass is 482 g/mol. The van der Waals surface area contributed by atoms with Crippen LogP contribution in [0.4, 0.5) is 4.39 Å². The van der Waals surface area contributed by atoms with Gasteiger partial charge in [-0.3, -0.25) is 0 Å². The molecule has 0 unspecified atom stereocenters. The molecule has 0 nitrogen and oxygen atoms in total. The average Bonchev–Trinajstić information content (AvgIpc) is 2.92. The van der Waals surface area contributed by atoms with Crippen LogP contribution in [0.3, 0.4) is 0 Å². The van der Waals surface area contributed by atoms with E-state index in [2.05, 4.69) is 56.0 Å². The summed E-state index contributed by atoms with van der Waals surface area (Å²) >= 11 is 0. The van der Waals surface area contributed by atoms with Crippen LogP contribution in [0.25, 0.3) is 10.8 Å². The molecule has 0 N–H and O–H groups in total. The molecule has 0 amide bonds. The standard InChI is InChI=1S/C35H43F/c1-3-5-7-8-9-11-28-18-21-31(22-19-28)33-25-23-32-26-30(20-24-34(32)35(33)36)17-16-29-14-12-27(13-15-29)10-6-4-2/h12-15,20,23-26,28,31H,3-11,18-19,21-22H2,1-2H3. The van der Waals surface area contributed by atoms with Gasteiger partial charge in [0.05, 0.1) is 0 Å². The lowest BCUT2D eigenvalue weighted by molar-refractivity contribution is 0.299. The molecule has 3 aromatic rings. The first-order chi connectivity index (χ1) is 17.7. The topological polar surface area (TPSA) is 0 Å². The van der Waals surface area contributed by atoms with Crippen molar-refractivity contribution in [3.05, 3.63) is 82.7 Å². The normalized spacial score (nSPS) is 17.6. The number of hydrogen-bond donors (Lipinski definition) is 0. The Morgan fingerprint density at radius 2 is 1.42 bits per heavy atom. The molecule has 36 heavy (non-hydrogen) atoms. The fourth-order valence-corrected chi connectivity index (χ4v) is 5.78. The summed E-state index contributed by atoms with van der Waals surface area (Å²) < 4.78 is 15.5. The van der Waals surface area contributed by atoms with Gasteiger partial charge in [0.15, 0.2) is 0 Å². The number of fused-ring (bicyclic) bond motifs is 1. The highest BCUT2D eigenvalue weighted by Crippen LogP contribution is 2.40. The van der Waals surface area contributed by atoms with Gasteiger partial charge in [-0.1, -0.05) is 101 Å². The van der Waals surface area contributed by atoms with Gasteiger partial charge in [0.2, 0.25) is 0 Å². The van der Waals surface area contributed by atoms with Gasteiger partial charge in [-0.05, 0) is 91.1 Å². The minimum Gasteiger partial charge on any atom is -0.206 e. The number of unbranched alkanes of at least 4 members (excludes halogenated alkanes) is 5. The molecule has 1 aliphatic rings. The second-order valence-electron chi connectivity index (χ2n) is 10.9. The summed E-state index contributed by atoms with van der Waals surface area (Å²) in [6.45, 7) is 4.49. The van der Waals surface area contributed by atoms with Crippen molar-refractivity contribution >= 4 is 10.8 Å². The van der Waals surface area contributed by atoms with Gasteiger partial charge < -0.3 is 0 Å². The van der Waals surface area contributed by atoms with Crippen molar-refractivity contribution in [1.29, 1.82) is 0 Å². The average molecular weight is 483 g/mol. The quantitative estimate of drug-likeness (QED) is 0.199. The van der Waals surface area contributed by atoms with Gasteiger partial charge in [0, 0.05) is 16.5 Å². The molecule has 0 heterocycles. The summed E-state index contributed by atoms with van der Waals surface area (Å²) in [5.41, 5.74) is 4.25. The first-order valence-electron chi connectivity index (χ1n) is 14.5. The van der Waals surface area contributed by atoms with E-state index in [9.17, 15) is 0 Å². The van der Waals surface area contributed by atoms with Crippen LogP contribution < -0.4 is 0 Å². The van der Waals surface area contributed by atoms with Crippen molar-refractivity contribution in [3.8, 4) is 11.8 Å². The number of hydrogen-bond acceptors (Lipinski definition) is 0. The van der Waals surface area contributed by atoms with E-state index < -0.39 is 0 Å². The predicted molar refractivity (Wildman–Crippen MR) is 153 cm³/mol. The van der Waals surface area contributed by atoms with Crippen LogP contribution in [0.5, 0.6) is 0 Å². The molecule has 0 aliphatic heterocycles. The van der Waals surface area contributed by atoms with E-state index >= 15 is 4.39 Å². The fourth-order valence-electron chi connectivity index (χ4n) is 5.78. The van der Waals surface area contributed by atoms with E-state index in [1.165, 1.54) is 69.8 Å². The summed E-state index contributed by atoms with van der Waals surface area (Å²) in [5.74, 6) is 7.74. The number of aryl methyl sites for hydroxylation is 1. The predicted octanol–water partition coefficient (Wildman–Crippen LogP) is 10.4. The SMILES string of the molecule is CCCCCCCC1CCC(c2ccc3cc(C#Cc4ccc(CCCC)cc4)ccc3c2F)CC1. The van der Waals surface area contributed by atoms with E-state index in [4.69, 9.17) is 0 Å². The van der Waals surface area contributed by atoms with Crippen LogP contribution in [-0.4, -0.2) is 0 Å². The summed E-state index contributed by atoms with van der Waals surface area (Å²) in [5, 5.41) is 1.68. The smallest absolute Gasteiger partial charge is 0.134 e. The Kier molecular flexibility index (Phi) is 10.0. The molecule has 1 fully saturated rings. The maximum absolute atomic E-state index is 15.5. The van der Waals surface area contributed by atoms with Crippen molar-refractivity contribution in [1.82, 2.24) is 0 Å². The minimum absolute atomic E-state index is 0.0160. The lowest BCUT2D eigenvalue weighted by atomic mass is 9.76. The highest BCUT2D eigenvalue weighted by Gasteiger charge is 2.24. The Morgan fingerprint density at radius 3 is 2.17 bits per heavy atom. The zero-order chi connectivity index (χ0) is 25.2. The van der Waals surface area contributed by atoms with Gasteiger partial charge in [0.1, 0.15) is 5.82 Å². The second kappa shape index (κ2) is 13.6.